The van der Waals surface area contributed by atoms with Crippen LogP contribution in [0, 0.1) is 0 Å². The fourth-order valence-electron chi connectivity index (χ4n) is 4.09. The summed E-state index contributed by atoms with van der Waals surface area (Å²) in [5.74, 6) is -0.928. The van der Waals surface area contributed by atoms with Gasteiger partial charge in [0.25, 0.3) is 11.8 Å². The molecule has 182 valence electrons. The molecule has 3 aromatic rings. The molecule has 0 spiro atoms. The van der Waals surface area contributed by atoms with Gasteiger partial charge in [0.05, 0.1) is 36.4 Å². The second kappa shape index (κ2) is 11.1. The maximum atomic E-state index is 12.9. The number of rotatable bonds is 8. The van der Waals surface area contributed by atoms with Crippen molar-refractivity contribution in [3.63, 3.8) is 0 Å². The van der Waals surface area contributed by atoms with Crippen molar-refractivity contribution in [1.82, 2.24) is 5.32 Å². The number of anilines is 1. The van der Waals surface area contributed by atoms with Crippen LogP contribution in [0.3, 0.4) is 0 Å². The highest BCUT2D eigenvalue weighted by Gasteiger charge is 2.24. The molecule has 0 bridgehead atoms. The molecule has 0 aliphatic heterocycles. The summed E-state index contributed by atoms with van der Waals surface area (Å²) in [7, 11) is 2.89. The molecule has 1 aromatic heterocycles. The number of benzene rings is 2. The van der Waals surface area contributed by atoms with Crippen LogP contribution in [-0.2, 0) is 16.0 Å². The fraction of sp³-hybridized carbons (Fsp3) is 0.269. The number of esters is 1. The summed E-state index contributed by atoms with van der Waals surface area (Å²) in [6, 6.07) is 14.2. The Morgan fingerprint density at radius 1 is 1.03 bits per heavy atom. The Kier molecular flexibility index (Phi) is 7.67. The first kappa shape index (κ1) is 24.3. The largest absolute Gasteiger partial charge is 0.493 e. The molecule has 1 aliphatic rings. The van der Waals surface area contributed by atoms with Crippen LogP contribution in [0.4, 0.5) is 5.69 Å². The second-order valence-corrected chi connectivity index (χ2v) is 8.92. The van der Waals surface area contributed by atoms with E-state index < -0.39 is 18.5 Å². The van der Waals surface area contributed by atoms with Crippen LogP contribution in [0.2, 0.25) is 0 Å². The van der Waals surface area contributed by atoms with Crippen molar-refractivity contribution in [2.24, 2.45) is 0 Å². The molecule has 2 N–H and O–H groups in total. The van der Waals surface area contributed by atoms with E-state index in [4.69, 9.17) is 14.2 Å². The van der Waals surface area contributed by atoms with E-state index in [1.165, 1.54) is 43.3 Å². The van der Waals surface area contributed by atoms with Crippen LogP contribution in [0.5, 0.6) is 11.5 Å². The van der Waals surface area contributed by atoms with Gasteiger partial charge in [-0.15, -0.1) is 11.3 Å². The van der Waals surface area contributed by atoms with Crippen LogP contribution >= 0.6 is 11.3 Å². The highest BCUT2D eigenvalue weighted by molar-refractivity contribution is 7.12. The molecule has 0 fully saturated rings. The highest BCUT2D eigenvalue weighted by Crippen LogP contribution is 2.34. The number of carbonyl (C=O) groups excluding carboxylic acids is 3. The van der Waals surface area contributed by atoms with Gasteiger partial charge in [-0.05, 0) is 41.8 Å². The number of hydrogen-bond acceptors (Lipinski definition) is 7. The highest BCUT2D eigenvalue weighted by atomic mass is 32.1. The molecule has 8 nitrogen and oxygen atoms in total. The predicted molar refractivity (Wildman–Crippen MR) is 132 cm³/mol. The van der Waals surface area contributed by atoms with Crippen LogP contribution in [0.15, 0.2) is 53.9 Å². The molecule has 0 saturated heterocycles. The van der Waals surface area contributed by atoms with E-state index in [1.807, 2.05) is 18.2 Å². The van der Waals surface area contributed by atoms with E-state index in [1.54, 1.807) is 17.5 Å². The average Bonchev–Trinajstić information content (AvgIpc) is 3.42. The Labute approximate surface area is 207 Å². The summed E-state index contributed by atoms with van der Waals surface area (Å²) >= 11 is 1.27. The van der Waals surface area contributed by atoms with Gasteiger partial charge in [0.15, 0.2) is 18.1 Å². The monoisotopic (exact) mass is 494 g/mol. The third-order valence-electron chi connectivity index (χ3n) is 5.78. The van der Waals surface area contributed by atoms with Crippen LogP contribution in [0.25, 0.3) is 0 Å². The molecule has 2 aromatic carbocycles. The van der Waals surface area contributed by atoms with Gasteiger partial charge in [-0.25, -0.2) is 4.79 Å². The molecular weight excluding hydrogens is 468 g/mol. The maximum absolute atomic E-state index is 12.9. The van der Waals surface area contributed by atoms with E-state index in [-0.39, 0.29) is 28.9 Å². The molecule has 1 heterocycles. The Morgan fingerprint density at radius 3 is 2.54 bits per heavy atom. The summed E-state index contributed by atoms with van der Waals surface area (Å²) in [4.78, 5) is 38.6. The number of aryl methyl sites for hydroxylation is 1. The Bertz CT molecular complexity index is 1220. The molecule has 0 saturated carbocycles. The van der Waals surface area contributed by atoms with Crippen molar-refractivity contribution in [3.05, 3.63) is 75.5 Å². The normalized spacial score (nSPS) is 14.4. The van der Waals surface area contributed by atoms with E-state index in [2.05, 4.69) is 16.7 Å². The minimum Gasteiger partial charge on any atom is -0.493 e. The zero-order valence-corrected chi connectivity index (χ0v) is 20.3. The fourth-order valence-corrected chi connectivity index (χ4v) is 4.71. The van der Waals surface area contributed by atoms with Gasteiger partial charge in [0.1, 0.15) is 0 Å². The van der Waals surface area contributed by atoms with Crippen molar-refractivity contribution in [1.29, 1.82) is 0 Å². The zero-order valence-electron chi connectivity index (χ0n) is 19.5. The smallest absolute Gasteiger partial charge is 0.340 e. The lowest BCUT2D eigenvalue weighted by Gasteiger charge is -2.26. The first-order valence-electron chi connectivity index (χ1n) is 11.1. The van der Waals surface area contributed by atoms with Gasteiger partial charge in [0.2, 0.25) is 0 Å². The molecule has 4 rings (SSSR count). The lowest BCUT2D eigenvalue weighted by atomic mass is 9.88. The number of ether oxygens (including phenoxy) is 3. The Balaban J connectivity index is 1.47. The molecule has 1 unspecified atom stereocenters. The third kappa shape index (κ3) is 5.63. The van der Waals surface area contributed by atoms with Crippen LogP contribution < -0.4 is 20.1 Å². The number of amides is 2. The predicted octanol–water partition coefficient (Wildman–Crippen LogP) is 4.37. The van der Waals surface area contributed by atoms with Gasteiger partial charge in [0, 0.05) is 12.1 Å². The SMILES string of the molecule is COc1cc(NC(=O)c2cccs2)c(C(=O)OCC(=O)NC2CCCc3ccccc32)cc1OC. The number of nitrogens with one attached hydrogen (secondary N) is 2. The first-order valence-corrected chi connectivity index (χ1v) is 12.0. The summed E-state index contributed by atoms with van der Waals surface area (Å²) in [5.41, 5.74) is 2.55. The van der Waals surface area contributed by atoms with Crippen molar-refractivity contribution >= 4 is 34.8 Å². The zero-order chi connectivity index (χ0) is 24.8. The van der Waals surface area contributed by atoms with Gasteiger partial charge in [-0.2, -0.15) is 0 Å². The van der Waals surface area contributed by atoms with Crippen molar-refractivity contribution in [2.75, 3.05) is 26.1 Å². The minimum atomic E-state index is -0.772. The molecule has 9 heteroatoms. The van der Waals surface area contributed by atoms with Gasteiger partial charge >= 0.3 is 5.97 Å². The van der Waals surface area contributed by atoms with Crippen molar-refractivity contribution in [3.8, 4) is 11.5 Å². The summed E-state index contributed by atoms with van der Waals surface area (Å²) in [6.45, 7) is -0.454. The third-order valence-corrected chi connectivity index (χ3v) is 6.64. The number of hydrogen-bond donors (Lipinski definition) is 2. The summed E-state index contributed by atoms with van der Waals surface area (Å²) in [6.07, 6.45) is 2.78. The molecule has 1 atom stereocenters. The topological polar surface area (TPSA) is 103 Å². The standard InChI is InChI=1S/C26H26N2O6S/c1-32-21-13-18(20(14-22(21)33-2)28-25(30)23-11-6-12-35-23)26(31)34-15-24(29)27-19-10-5-8-16-7-3-4-9-17(16)19/h3-4,6-7,9,11-14,19H,5,8,10,15H2,1-2H3,(H,27,29)(H,28,30). The molecular formula is C26H26N2O6S. The minimum absolute atomic E-state index is 0.0448. The van der Waals surface area contributed by atoms with E-state index in [0.717, 1.165) is 24.8 Å². The molecule has 2 amide bonds. The van der Waals surface area contributed by atoms with E-state index in [9.17, 15) is 14.4 Å². The van der Waals surface area contributed by atoms with E-state index in [0.29, 0.717) is 10.6 Å². The Morgan fingerprint density at radius 2 is 1.80 bits per heavy atom. The van der Waals surface area contributed by atoms with Crippen LogP contribution in [0.1, 0.15) is 50.0 Å². The molecule has 35 heavy (non-hydrogen) atoms. The average molecular weight is 495 g/mol. The van der Waals surface area contributed by atoms with Crippen molar-refractivity contribution < 1.29 is 28.6 Å². The number of thiophene rings is 1. The number of carbonyl (C=O) groups is 3. The van der Waals surface area contributed by atoms with Crippen LogP contribution in [-0.4, -0.2) is 38.6 Å². The quantitative estimate of drug-likeness (QED) is 0.451. The van der Waals surface area contributed by atoms with E-state index >= 15 is 0 Å². The lowest BCUT2D eigenvalue weighted by molar-refractivity contribution is -0.125. The Hall–Kier alpha value is -3.85. The first-order chi connectivity index (χ1) is 17.0. The van der Waals surface area contributed by atoms with Gasteiger partial charge in [-0.3, -0.25) is 9.59 Å². The summed E-state index contributed by atoms with van der Waals surface area (Å²) in [5, 5.41) is 7.46. The maximum Gasteiger partial charge on any atom is 0.340 e. The summed E-state index contributed by atoms with van der Waals surface area (Å²) < 4.78 is 15.9. The molecule has 0 radical (unpaired) electrons. The number of fused-ring (bicyclic) bond motifs is 1. The van der Waals surface area contributed by atoms with Crippen molar-refractivity contribution in [2.45, 2.75) is 25.3 Å². The van der Waals surface area contributed by atoms with Gasteiger partial charge < -0.3 is 24.8 Å². The lowest BCUT2D eigenvalue weighted by Crippen LogP contribution is -2.34. The second-order valence-electron chi connectivity index (χ2n) is 7.97. The van der Waals surface area contributed by atoms with Gasteiger partial charge in [-0.1, -0.05) is 30.3 Å². The molecule has 1 aliphatic carbocycles. The number of methoxy groups -OCH3 is 2.